The summed E-state index contributed by atoms with van der Waals surface area (Å²) in [6.45, 7) is 7.12. The number of hydrogen-bond donors (Lipinski definition) is 1. The van der Waals surface area contributed by atoms with Gasteiger partial charge in [-0.1, -0.05) is 32.4 Å². The van der Waals surface area contributed by atoms with Gasteiger partial charge in [-0.05, 0) is 49.5 Å². The van der Waals surface area contributed by atoms with Gasteiger partial charge in [-0.3, -0.25) is 4.90 Å². The highest BCUT2D eigenvalue weighted by Gasteiger charge is 2.24. The summed E-state index contributed by atoms with van der Waals surface area (Å²) < 4.78 is 0. The van der Waals surface area contributed by atoms with Crippen molar-refractivity contribution in [2.45, 2.75) is 39.2 Å². The molecule has 1 aliphatic rings. The number of nitrogen functional groups attached to an aromatic ring is 1. The van der Waals surface area contributed by atoms with Crippen LogP contribution in [0.1, 0.15) is 44.7 Å². The minimum absolute atomic E-state index is 0.552. The molecule has 1 saturated heterocycles. The lowest BCUT2D eigenvalue weighted by Crippen LogP contribution is -2.36. The van der Waals surface area contributed by atoms with Crippen molar-refractivity contribution in [2.24, 2.45) is 5.92 Å². The van der Waals surface area contributed by atoms with Gasteiger partial charge in [-0.15, -0.1) is 0 Å². The molecular formula is C15H24N2. The molecule has 1 fully saturated rings. The first kappa shape index (κ1) is 12.4. The summed E-state index contributed by atoms with van der Waals surface area (Å²) in [6, 6.07) is 8.97. The van der Waals surface area contributed by atoms with Crippen LogP contribution in [0.2, 0.25) is 0 Å². The van der Waals surface area contributed by atoms with Gasteiger partial charge in [0.1, 0.15) is 0 Å². The van der Waals surface area contributed by atoms with Crippen LogP contribution >= 0.6 is 0 Å². The average molecular weight is 232 g/mol. The van der Waals surface area contributed by atoms with Crippen LogP contribution in [0.15, 0.2) is 24.3 Å². The highest BCUT2D eigenvalue weighted by Crippen LogP contribution is 2.31. The van der Waals surface area contributed by atoms with E-state index in [1.807, 2.05) is 12.1 Å². The van der Waals surface area contributed by atoms with Gasteiger partial charge in [0.2, 0.25) is 0 Å². The lowest BCUT2D eigenvalue weighted by molar-refractivity contribution is 0.128. The first-order valence-corrected chi connectivity index (χ1v) is 6.78. The molecule has 0 spiro atoms. The molecule has 0 amide bonds. The van der Waals surface area contributed by atoms with Crippen LogP contribution in [-0.4, -0.2) is 18.0 Å². The molecule has 2 rings (SSSR count). The Hall–Kier alpha value is -1.02. The normalized spacial score (nSPS) is 19.5. The molecule has 0 aliphatic carbocycles. The van der Waals surface area contributed by atoms with Crippen molar-refractivity contribution in [1.29, 1.82) is 0 Å². The van der Waals surface area contributed by atoms with Crippen LogP contribution < -0.4 is 5.73 Å². The van der Waals surface area contributed by atoms with Crippen LogP contribution in [0.3, 0.4) is 0 Å². The first-order chi connectivity index (χ1) is 8.18. The number of nitrogens with zero attached hydrogens (tertiary/aromatic N) is 1. The van der Waals surface area contributed by atoms with Crippen LogP contribution in [0.4, 0.5) is 5.69 Å². The topological polar surface area (TPSA) is 29.3 Å². The first-order valence-electron chi connectivity index (χ1n) is 6.78. The fraction of sp³-hybridized carbons (Fsp3) is 0.600. The van der Waals surface area contributed by atoms with Crippen LogP contribution in [0, 0.1) is 5.92 Å². The maximum absolute atomic E-state index is 5.77. The van der Waals surface area contributed by atoms with Gasteiger partial charge in [-0.2, -0.15) is 0 Å². The second-order valence-corrected chi connectivity index (χ2v) is 5.45. The van der Waals surface area contributed by atoms with Crippen molar-refractivity contribution in [2.75, 3.05) is 18.8 Å². The van der Waals surface area contributed by atoms with Gasteiger partial charge >= 0.3 is 0 Å². The molecule has 1 heterocycles. The zero-order valence-corrected chi connectivity index (χ0v) is 11.0. The highest BCUT2D eigenvalue weighted by atomic mass is 15.2. The number of rotatable bonds is 3. The van der Waals surface area contributed by atoms with E-state index in [0.29, 0.717) is 12.0 Å². The van der Waals surface area contributed by atoms with Gasteiger partial charge in [0.25, 0.3) is 0 Å². The molecule has 0 aromatic heterocycles. The van der Waals surface area contributed by atoms with Crippen LogP contribution in [-0.2, 0) is 0 Å². The largest absolute Gasteiger partial charge is 0.399 e. The Morgan fingerprint density at radius 2 is 1.59 bits per heavy atom. The third-order valence-electron chi connectivity index (χ3n) is 3.69. The maximum Gasteiger partial charge on any atom is 0.0371 e. The fourth-order valence-corrected chi connectivity index (χ4v) is 2.91. The van der Waals surface area contributed by atoms with E-state index in [1.54, 1.807) is 0 Å². The number of benzene rings is 1. The third kappa shape index (κ3) is 3.01. The van der Waals surface area contributed by atoms with Crippen molar-refractivity contribution >= 4 is 5.69 Å². The summed E-state index contributed by atoms with van der Waals surface area (Å²) in [4.78, 5) is 2.64. The molecule has 1 aromatic rings. The van der Waals surface area contributed by atoms with Crippen molar-refractivity contribution in [1.82, 2.24) is 4.90 Å². The quantitative estimate of drug-likeness (QED) is 0.809. The summed E-state index contributed by atoms with van der Waals surface area (Å²) in [6.07, 6.45) is 4.08. The number of piperidine rings is 1. The monoisotopic (exact) mass is 232 g/mol. The molecule has 2 nitrogen and oxygen atoms in total. The predicted octanol–water partition coefficient (Wildman–Crippen LogP) is 3.45. The van der Waals surface area contributed by atoms with Crippen LogP contribution in [0.5, 0.6) is 0 Å². The van der Waals surface area contributed by atoms with Crippen molar-refractivity contribution in [3.8, 4) is 0 Å². The van der Waals surface area contributed by atoms with Crippen molar-refractivity contribution in [3.63, 3.8) is 0 Å². The van der Waals surface area contributed by atoms with Crippen molar-refractivity contribution in [3.05, 3.63) is 29.8 Å². The molecule has 0 bridgehead atoms. The summed E-state index contributed by atoms with van der Waals surface area (Å²) in [5.74, 6) is 0.650. The zero-order valence-electron chi connectivity index (χ0n) is 11.0. The molecule has 17 heavy (non-hydrogen) atoms. The number of likely N-dealkylation sites (tertiary alicyclic amines) is 1. The molecule has 1 unspecified atom stereocenters. The lowest BCUT2D eigenvalue weighted by Gasteiger charge is -2.37. The summed E-state index contributed by atoms with van der Waals surface area (Å²) in [7, 11) is 0. The van der Waals surface area contributed by atoms with E-state index in [4.69, 9.17) is 5.73 Å². The number of hydrogen-bond acceptors (Lipinski definition) is 2. The predicted molar refractivity (Wildman–Crippen MR) is 73.9 cm³/mol. The van der Waals surface area contributed by atoms with E-state index < -0.39 is 0 Å². The fourth-order valence-electron chi connectivity index (χ4n) is 2.91. The minimum atomic E-state index is 0.552. The van der Waals surface area contributed by atoms with Gasteiger partial charge in [0.05, 0.1) is 0 Å². The standard InChI is InChI=1S/C15H24N2/c1-12(2)15(17-10-4-3-5-11-17)13-6-8-14(16)9-7-13/h6-9,12,15H,3-5,10-11,16H2,1-2H3. The Kier molecular flexibility index (Phi) is 4.06. The zero-order chi connectivity index (χ0) is 12.3. The molecule has 1 aliphatic heterocycles. The molecular weight excluding hydrogens is 208 g/mol. The van der Waals surface area contributed by atoms with Crippen LogP contribution in [0.25, 0.3) is 0 Å². The van der Waals surface area contributed by atoms with Gasteiger partial charge < -0.3 is 5.73 Å². The second kappa shape index (κ2) is 5.54. The van der Waals surface area contributed by atoms with Gasteiger partial charge in [-0.25, -0.2) is 0 Å². The smallest absolute Gasteiger partial charge is 0.0371 e. The Bertz CT molecular complexity index is 336. The number of nitrogens with two attached hydrogens (primary N) is 1. The average Bonchev–Trinajstić information content (AvgIpc) is 2.33. The van der Waals surface area contributed by atoms with Crippen molar-refractivity contribution < 1.29 is 0 Å². The summed E-state index contributed by atoms with van der Waals surface area (Å²) >= 11 is 0. The Balaban J connectivity index is 2.18. The Morgan fingerprint density at radius 1 is 1.00 bits per heavy atom. The van der Waals surface area contributed by atoms with E-state index in [-0.39, 0.29) is 0 Å². The minimum Gasteiger partial charge on any atom is -0.399 e. The second-order valence-electron chi connectivity index (χ2n) is 5.45. The molecule has 1 atom stereocenters. The third-order valence-corrected chi connectivity index (χ3v) is 3.69. The van der Waals surface area contributed by atoms with E-state index >= 15 is 0 Å². The lowest BCUT2D eigenvalue weighted by atomic mass is 9.92. The number of anilines is 1. The van der Waals surface area contributed by atoms with E-state index in [0.717, 1.165) is 5.69 Å². The van der Waals surface area contributed by atoms with E-state index in [9.17, 15) is 0 Å². The van der Waals surface area contributed by atoms with Gasteiger partial charge in [0, 0.05) is 11.7 Å². The molecule has 0 saturated carbocycles. The Labute approximate surface area is 105 Å². The molecule has 1 aromatic carbocycles. The summed E-state index contributed by atoms with van der Waals surface area (Å²) in [5, 5.41) is 0. The Morgan fingerprint density at radius 3 is 2.12 bits per heavy atom. The van der Waals surface area contributed by atoms with E-state index in [2.05, 4.69) is 30.9 Å². The van der Waals surface area contributed by atoms with E-state index in [1.165, 1.54) is 37.9 Å². The maximum atomic E-state index is 5.77. The SMILES string of the molecule is CC(C)C(c1ccc(N)cc1)N1CCCCC1. The van der Waals surface area contributed by atoms with Gasteiger partial charge in [0.15, 0.2) is 0 Å². The summed E-state index contributed by atoms with van der Waals surface area (Å²) in [5.41, 5.74) is 8.04. The molecule has 94 valence electrons. The molecule has 0 radical (unpaired) electrons. The molecule has 2 N–H and O–H groups in total. The highest BCUT2D eigenvalue weighted by molar-refractivity contribution is 5.40. The molecule has 2 heteroatoms.